The molecule has 0 unspecified atom stereocenters. The largest absolute Gasteiger partial charge is 0.384 e. The van der Waals surface area contributed by atoms with Crippen LogP contribution in [0.1, 0.15) is 12.5 Å². The van der Waals surface area contributed by atoms with Gasteiger partial charge in [0, 0.05) is 5.39 Å². The molecule has 0 spiro atoms. The van der Waals surface area contributed by atoms with Gasteiger partial charge >= 0.3 is 0 Å². The highest BCUT2D eigenvalue weighted by molar-refractivity contribution is 5.83. The number of hydrogen-bond acceptors (Lipinski definition) is 2. The zero-order chi connectivity index (χ0) is 9.26. The normalized spacial score (nSPS) is 10.5. The molecule has 0 atom stereocenters. The second-order valence-corrected chi connectivity index (χ2v) is 3.07. The van der Waals surface area contributed by atoms with E-state index in [1.165, 1.54) is 10.9 Å². The summed E-state index contributed by atoms with van der Waals surface area (Å²) in [7, 11) is 0. The molecule has 2 N–H and O–H groups in total. The van der Waals surface area contributed by atoms with Gasteiger partial charge in [0.1, 0.15) is 5.82 Å². The average Bonchev–Trinajstić information content (AvgIpc) is 2.16. The van der Waals surface area contributed by atoms with E-state index in [4.69, 9.17) is 5.73 Å². The number of rotatable bonds is 1. The van der Waals surface area contributed by atoms with Crippen LogP contribution in [0.25, 0.3) is 10.9 Å². The highest BCUT2D eigenvalue weighted by atomic mass is 14.8. The lowest BCUT2D eigenvalue weighted by Gasteiger charge is -2.03. The van der Waals surface area contributed by atoms with Gasteiger partial charge in [0.15, 0.2) is 0 Å². The third-order valence-electron chi connectivity index (χ3n) is 2.22. The Bertz CT molecular complexity index is 435. The number of nitrogen functional groups attached to an aromatic ring is 1. The molecule has 1 aromatic carbocycles. The van der Waals surface area contributed by atoms with Crippen molar-refractivity contribution in [3.05, 3.63) is 35.9 Å². The van der Waals surface area contributed by atoms with Gasteiger partial charge in [-0.3, -0.25) is 0 Å². The van der Waals surface area contributed by atoms with Gasteiger partial charge in [0.25, 0.3) is 0 Å². The summed E-state index contributed by atoms with van der Waals surface area (Å²) in [6.45, 7) is 2.14. The summed E-state index contributed by atoms with van der Waals surface area (Å²) < 4.78 is 0. The van der Waals surface area contributed by atoms with Crippen LogP contribution in [0.5, 0.6) is 0 Å². The maximum Gasteiger partial charge on any atom is 0.124 e. The number of fused-ring (bicyclic) bond motifs is 1. The van der Waals surface area contributed by atoms with Crippen molar-refractivity contribution in [1.29, 1.82) is 0 Å². The molecule has 0 fully saturated rings. The first kappa shape index (κ1) is 8.05. The van der Waals surface area contributed by atoms with E-state index in [0.29, 0.717) is 5.82 Å². The van der Waals surface area contributed by atoms with Gasteiger partial charge in [0.2, 0.25) is 0 Å². The Morgan fingerprint density at radius 1 is 1.23 bits per heavy atom. The third-order valence-corrected chi connectivity index (χ3v) is 2.22. The lowest BCUT2D eigenvalue weighted by Crippen LogP contribution is -1.91. The summed E-state index contributed by atoms with van der Waals surface area (Å²) in [6.07, 6.45) is 1.03. The van der Waals surface area contributed by atoms with Crippen molar-refractivity contribution in [1.82, 2.24) is 4.98 Å². The minimum absolute atomic E-state index is 0.584. The van der Waals surface area contributed by atoms with Gasteiger partial charge in [-0.15, -0.1) is 0 Å². The molecule has 0 radical (unpaired) electrons. The van der Waals surface area contributed by atoms with E-state index >= 15 is 0 Å². The number of hydrogen-bond donors (Lipinski definition) is 1. The molecular formula is C11H12N2. The van der Waals surface area contributed by atoms with E-state index < -0.39 is 0 Å². The van der Waals surface area contributed by atoms with Crippen LogP contribution < -0.4 is 5.73 Å². The summed E-state index contributed by atoms with van der Waals surface area (Å²) in [5.74, 6) is 0.584. The van der Waals surface area contributed by atoms with E-state index in [-0.39, 0.29) is 0 Å². The number of pyridine rings is 1. The van der Waals surface area contributed by atoms with Gasteiger partial charge in [-0.05, 0) is 30.2 Å². The van der Waals surface area contributed by atoms with Crippen LogP contribution in [-0.2, 0) is 6.42 Å². The molecule has 1 heterocycles. The number of aryl methyl sites for hydroxylation is 1. The molecule has 0 amide bonds. The Kier molecular flexibility index (Phi) is 1.89. The zero-order valence-electron chi connectivity index (χ0n) is 7.62. The molecule has 0 aliphatic rings. The van der Waals surface area contributed by atoms with E-state index in [2.05, 4.69) is 18.0 Å². The first-order valence-corrected chi connectivity index (χ1v) is 4.45. The molecule has 1 aromatic heterocycles. The summed E-state index contributed by atoms with van der Waals surface area (Å²) >= 11 is 0. The predicted octanol–water partition coefficient (Wildman–Crippen LogP) is 2.38. The molecule has 2 nitrogen and oxygen atoms in total. The fourth-order valence-electron chi connectivity index (χ4n) is 1.54. The second-order valence-electron chi connectivity index (χ2n) is 3.07. The van der Waals surface area contributed by atoms with Crippen LogP contribution in [0.15, 0.2) is 30.3 Å². The standard InChI is InChI=1S/C11H12N2/c1-2-8-4-3-5-10-9(8)6-7-11(12)13-10/h3-7H,2H2,1H3,(H2,12,13). The minimum atomic E-state index is 0.584. The van der Waals surface area contributed by atoms with Crippen LogP contribution in [0.2, 0.25) is 0 Å². The van der Waals surface area contributed by atoms with Gasteiger partial charge < -0.3 is 5.73 Å². The SMILES string of the molecule is CCc1cccc2nc(N)ccc12. The number of anilines is 1. The molecule has 13 heavy (non-hydrogen) atoms. The van der Waals surface area contributed by atoms with Gasteiger partial charge in [-0.2, -0.15) is 0 Å². The Balaban J connectivity index is 2.77. The van der Waals surface area contributed by atoms with Crippen molar-refractivity contribution < 1.29 is 0 Å². The molecule has 2 rings (SSSR count). The smallest absolute Gasteiger partial charge is 0.124 e. The first-order chi connectivity index (χ1) is 6.31. The third kappa shape index (κ3) is 1.35. The molecule has 0 aliphatic carbocycles. The van der Waals surface area contributed by atoms with Gasteiger partial charge in [-0.1, -0.05) is 19.1 Å². The monoisotopic (exact) mass is 172 g/mol. The molecule has 0 aliphatic heterocycles. The summed E-state index contributed by atoms with van der Waals surface area (Å²) in [5, 5.41) is 1.21. The van der Waals surface area contributed by atoms with Gasteiger partial charge in [0.05, 0.1) is 5.52 Å². The highest BCUT2D eigenvalue weighted by Crippen LogP contribution is 2.18. The van der Waals surface area contributed by atoms with Crippen LogP contribution in [-0.4, -0.2) is 4.98 Å². The fourth-order valence-corrected chi connectivity index (χ4v) is 1.54. The fraction of sp³-hybridized carbons (Fsp3) is 0.182. The minimum Gasteiger partial charge on any atom is -0.384 e. The van der Waals surface area contributed by atoms with E-state index in [0.717, 1.165) is 11.9 Å². The Morgan fingerprint density at radius 2 is 2.08 bits per heavy atom. The highest BCUT2D eigenvalue weighted by Gasteiger charge is 1.99. The van der Waals surface area contributed by atoms with Crippen molar-refractivity contribution in [2.45, 2.75) is 13.3 Å². The van der Waals surface area contributed by atoms with Crippen molar-refractivity contribution in [2.75, 3.05) is 5.73 Å². The second kappa shape index (κ2) is 3.05. The van der Waals surface area contributed by atoms with Crippen LogP contribution in [0, 0.1) is 0 Å². The molecular weight excluding hydrogens is 160 g/mol. The summed E-state index contributed by atoms with van der Waals surface area (Å²) in [6, 6.07) is 10.0. The topological polar surface area (TPSA) is 38.9 Å². The average molecular weight is 172 g/mol. The maximum atomic E-state index is 5.60. The summed E-state index contributed by atoms with van der Waals surface area (Å²) in [4.78, 5) is 4.26. The Labute approximate surface area is 77.4 Å². The number of nitrogens with two attached hydrogens (primary N) is 1. The number of nitrogens with zero attached hydrogens (tertiary/aromatic N) is 1. The Morgan fingerprint density at radius 3 is 2.85 bits per heavy atom. The number of benzene rings is 1. The predicted molar refractivity (Wildman–Crippen MR) is 55.5 cm³/mol. The van der Waals surface area contributed by atoms with E-state index in [1.807, 2.05) is 24.3 Å². The molecule has 66 valence electrons. The lowest BCUT2D eigenvalue weighted by atomic mass is 10.1. The van der Waals surface area contributed by atoms with Crippen LogP contribution in [0.3, 0.4) is 0 Å². The lowest BCUT2D eigenvalue weighted by molar-refractivity contribution is 1.16. The van der Waals surface area contributed by atoms with Crippen molar-refractivity contribution in [3.63, 3.8) is 0 Å². The zero-order valence-corrected chi connectivity index (χ0v) is 7.62. The quantitative estimate of drug-likeness (QED) is 0.717. The molecule has 0 saturated carbocycles. The van der Waals surface area contributed by atoms with Crippen LogP contribution in [0.4, 0.5) is 5.82 Å². The van der Waals surface area contributed by atoms with Crippen molar-refractivity contribution >= 4 is 16.7 Å². The van der Waals surface area contributed by atoms with Crippen molar-refractivity contribution in [2.24, 2.45) is 0 Å². The van der Waals surface area contributed by atoms with E-state index in [9.17, 15) is 0 Å². The maximum absolute atomic E-state index is 5.60. The van der Waals surface area contributed by atoms with Crippen molar-refractivity contribution in [3.8, 4) is 0 Å². The molecule has 2 heteroatoms. The molecule has 2 aromatic rings. The first-order valence-electron chi connectivity index (χ1n) is 4.45. The Hall–Kier alpha value is -1.57. The van der Waals surface area contributed by atoms with Crippen LogP contribution >= 0.6 is 0 Å². The molecule has 0 saturated heterocycles. The number of aromatic nitrogens is 1. The van der Waals surface area contributed by atoms with E-state index in [1.54, 1.807) is 0 Å². The molecule has 0 bridgehead atoms. The summed E-state index contributed by atoms with van der Waals surface area (Å²) in [5.41, 5.74) is 7.91. The van der Waals surface area contributed by atoms with Gasteiger partial charge in [-0.25, -0.2) is 4.98 Å².